The van der Waals surface area contributed by atoms with Crippen molar-refractivity contribution in [3.8, 4) is 11.5 Å². The highest BCUT2D eigenvalue weighted by Gasteiger charge is 2.21. The maximum Gasteiger partial charge on any atom is 0.163 e. The van der Waals surface area contributed by atoms with Crippen LogP contribution in [0.2, 0.25) is 5.02 Å². The van der Waals surface area contributed by atoms with E-state index >= 15 is 0 Å². The van der Waals surface area contributed by atoms with Crippen molar-refractivity contribution in [2.24, 2.45) is 0 Å². The summed E-state index contributed by atoms with van der Waals surface area (Å²) in [5, 5.41) is 11.7. The van der Waals surface area contributed by atoms with E-state index in [1.807, 2.05) is 54.6 Å². The lowest BCUT2D eigenvalue weighted by Crippen LogP contribution is -2.27. The van der Waals surface area contributed by atoms with E-state index < -0.39 is 0 Å². The van der Waals surface area contributed by atoms with Crippen molar-refractivity contribution in [1.82, 2.24) is 5.06 Å². The Labute approximate surface area is 181 Å². The second-order valence-corrected chi connectivity index (χ2v) is 7.71. The van der Waals surface area contributed by atoms with Crippen LogP contribution in [0.25, 0.3) is 0 Å². The molecule has 30 heavy (non-hydrogen) atoms. The summed E-state index contributed by atoms with van der Waals surface area (Å²) >= 11 is 6.28. The molecule has 0 bridgehead atoms. The van der Waals surface area contributed by atoms with Gasteiger partial charge in [0.1, 0.15) is 6.10 Å². The average molecular weight is 429 g/mol. The number of halogens is 1. The lowest BCUT2D eigenvalue weighted by molar-refractivity contribution is -0.0330. The molecule has 0 aromatic heterocycles. The summed E-state index contributed by atoms with van der Waals surface area (Å²) in [4.78, 5) is 2.14. The van der Waals surface area contributed by atoms with Crippen LogP contribution in [-0.4, -0.2) is 49.8 Å². The van der Waals surface area contributed by atoms with Crippen molar-refractivity contribution in [3.05, 3.63) is 71.4 Å². The van der Waals surface area contributed by atoms with Gasteiger partial charge in [-0.2, -0.15) is 0 Å². The molecule has 0 aliphatic carbocycles. The SMILES string of the molecule is COc1ccc(N(CC2=CC=CN(O)C2)c2cccc(Cl)c2)cc1O[C@@H]1CCOC1. The Bertz CT molecular complexity index is 941. The Balaban J connectivity index is 1.68. The molecule has 4 rings (SSSR count). The number of hydroxylamine groups is 2. The third-order valence-electron chi connectivity index (χ3n) is 5.08. The van der Waals surface area contributed by atoms with Crippen molar-refractivity contribution in [2.45, 2.75) is 12.5 Å². The van der Waals surface area contributed by atoms with Crippen LogP contribution in [0.4, 0.5) is 11.4 Å². The molecule has 1 N–H and O–H groups in total. The molecule has 0 spiro atoms. The number of hydrogen-bond acceptors (Lipinski definition) is 6. The normalized spacial score (nSPS) is 18.3. The average Bonchev–Trinajstić information content (AvgIpc) is 3.25. The van der Waals surface area contributed by atoms with Crippen LogP contribution >= 0.6 is 11.6 Å². The van der Waals surface area contributed by atoms with E-state index in [1.54, 1.807) is 13.3 Å². The molecule has 2 aliphatic heterocycles. The molecule has 1 saturated heterocycles. The van der Waals surface area contributed by atoms with E-state index in [9.17, 15) is 5.21 Å². The van der Waals surface area contributed by atoms with Gasteiger partial charge in [-0.05, 0) is 42.0 Å². The van der Waals surface area contributed by atoms with Crippen LogP contribution in [0.15, 0.2) is 66.4 Å². The molecule has 2 aromatic carbocycles. The zero-order chi connectivity index (χ0) is 20.9. The fraction of sp³-hybridized carbons (Fsp3) is 0.304. The van der Waals surface area contributed by atoms with Gasteiger partial charge >= 0.3 is 0 Å². The Hall–Kier alpha value is -2.67. The molecule has 0 radical (unpaired) electrons. The number of nitrogens with zero attached hydrogens (tertiary/aromatic N) is 2. The first kappa shape index (κ1) is 20.6. The summed E-state index contributed by atoms with van der Waals surface area (Å²) in [6.07, 6.45) is 6.36. The largest absolute Gasteiger partial charge is 0.493 e. The minimum Gasteiger partial charge on any atom is -0.493 e. The van der Waals surface area contributed by atoms with Crippen molar-refractivity contribution >= 4 is 23.0 Å². The topological polar surface area (TPSA) is 54.4 Å². The molecular formula is C23H25ClN2O4. The number of anilines is 2. The minimum absolute atomic E-state index is 0.0166. The van der Waals surface area contributed by atoms with Gasteiger partial charge in [-0.15, -0.1) is 0 Å². The quantitative estimate of drug-likeness (QED) is 0.683. The summed E-state index contributed by atoms with van der Waals surface area (Å²) in [5.74, 6) is 1.36. The molecule has 1 atom stereocenters. The molecule has 7 heteroatoms. The Morgan fingerprint density at radius 1 is 1.20 bits per heavy atom. The maximum atomic E-state index is 9.87. The highest BCUT2D eigenvalue weighted by atomic mass is 35.5. The van der Waals surface area contributed by atoms with Crippen molar-refractivity contribution in [1.29, 1.82) is 0 Å². The van der Waals surface area contributed by atoms with Crippen LogP contribution in [-0.2, 0) is 4.74 Å². The zero-order valence-electron chi connectivity index (χ0n) is 16.8. The standard InChI is InChI=1S/C23H25ClN2O4/c1-28-22-8-7-20(13-23(22)30-21-9-11-29-16-21)26(19-6-2-5-18(24)12-19)15-17-4-3-10-25(27)14-17/h2-8,10,12-13,21,27H,9,11,14-16H2,1H3/t21-/m1/s1. The van der Waals surface area contributed by atoms with E-state index in [0.29, 0.717) is 42.8 Å². The fourth-order valence-corrected chi connectivity index (χ4v) is 3.77. The smallest absolute Gasteiger partial charge is 0.163 e. The molecule has 2 aliphatic rings. The first-order valence-corrected chi connectivity index (χ1v) is 10.3. The lowest BCUT2D eigenvalue weighted by Gasteiger charge is -2.29. The van der Waals surface area contributed by atoms with E-state index in [1.165, 1.54) is 5.06 Å². The van der Waals surface area contributed by atoms with Gasteiger partial charge in [-0.3, -0.25) is 10.3 Å². The highest BCUT2D eigenvalue weighted by molar-refractivity contribution is 6.30. The van der Waals surface area contributed by atoms with Gasteiger partial charge in [0, 0.05) is 41.6 Å². The Morgan fingerprint density at radius 3 is 2.80 bits per heavy atom. The molecule has 6 nitrogen and oxygen atoms in total. The van der Waals surface area contributed by atoms with Crippen LogP contribution in [0.5, 0.6) is 11.5 Å². The predicted octanol–water partition coefficient (Wildman–Crippen LogP) is 4.80. The number of rotatable bonds is 7. The number of hydrogen-bond donors (Lipinski definition) is 1. The second-order valence-electron chi connectivity index (χ2n) is 7.27. The van der Waals surface area contributed by atoms with Crippen molar-refractivity contribution in [3.63, 3.8) is 0 Å². The van der Waals surface area contributed by atoms with Crippen LogP contribution < -0.4 is 14.4 Å². The van der Waals surface area contributed by atoms with Crippen molar-refractivity contribution < 1.29 is 19.4 Å². The van der Waals surface area contributed by atoms with E-state index in [2.05, 4.69) is 4.90 Å². The fourth-order valence-electron chi connectivity index (χ4n) is 3.58. The molecule has 0 saturated carbocycles. The van der Waals surface area contributed by atoms with Crippen LogP contribution in [0.1, 0.15) is 6.42 Å². The Kier molecular flexibility index (Phi) is 6.47. The lowest BCUT2D eigenvalue weighted by atomic mass is 10.1. The zero-order valence-corrected chi connectivity index (χ0v) is 17.6. The number of methoxy groups -OCH3 is 1. The highest BCUT2D eigenvalue weighted by Crippen LogP contribution is 2.37. The van der Waals surface area contributed by atoms with E-state index in [4.69, 9.17) is 25.8 Å². The summed E-state index contributed by atoms with van der Waals surface area (Å²) in [7, 11) is 1.64. The van der Waals surface area contributed by atoms with Gasteiger partial charge in [-0.1, -0.05) is 23.7 Å². The number of allylic oxidation sites excluding steroid dienone is 2. The summed E-state index contributed by atoms with van der Waals surface area (Å²) in [5.41, 5.74) is 2.94. The number of ether oxygens (including phenoxy) is 3. The summed E-state index contributed by atoms with van der Waals surface area (Å²) < 4.78 is 17.1. The van der Waals surface area contributed by atoms with Crippen LogP contribution in [0, 0.1) is 0 Å². The van der Waals surface area contributed by atoms with Gasteiger partial charge in [0.2, 0.25) is 0 Å². The first-order chi connectivity index (χ1) is 14.6. The molecule has 2 aromatic rings. The summed E-state index contributed by atoms with van der Waals surface area (Å²) in [6, 6.07) is 13.6. The molecule has 158 valence electrons. The van der Waals surface area contributed by atoms with Gasteiger partial charge in [-0.25, -0.2) is 0 Å². The van der Waals surface area contributed by atoms with E-state index in [-0.39, 0.29) is 6.10 Å². The number of benzene rings is 2. The predicted molar refractivity (Wildman–Crippen MR) is 117 cm³/mol. The van der Waals surface area contributed by atoms with Crippen LogP contribution in [0.3, 0.4) is 0 Å². The monoisotopic (exact) mass is 428 g/mol. The van der Waals surface area contributed by atoms with E-state index in [0.717, 1.165) is 23.4 Å². The molecular weight excluding hydrogens is 404 g/mol. The van der Waals surface area contributed by atoms with Crippen molar-refractivity contribution in [2.75, 3.05) is 38.3 Å². The third-order valence-corrected chi connectivity index (χ3v) is 5.31. The molecule has 2 heterocycles. The second kappa shape index (κ2) is 9.43. The van der Waals surface area contributed by atoms with Gasteiger partial charge < -0.3 is 19.1 Å². The Morgan fingerprint density at radius 2 is 2.07 bits per heavy atom. The van der Waals surface area contributed by atoms with Gasteiger partial charge in [0.15, 0.2) is 11.5 Å². The first-order valence-electron chi connectivity index (χ1n) is 9.89. The maximum absolute atomic E-state index is 9.87. The van der Waals surface area contributed by atoms with Gasteiger partial charge in [0.05, 0.1) is 26.9 Å². The molecule has 0 amide bonds. The summed E-state index contributed by atoms with van der Waals surface area (Å²) in [6.45, 7) is 2.31. The third kappa shape index (κ3) is 4.90. The minimum atomic E-state index is 0.0166. The van der Waals surface area contributed by atoms with Gasteiger partial charge in [0.25, 0.3) is 0 Å². The molecule has 0 unspecified atom stereocenters. The molecule has 1 fully saturated rings.